The lowest BCUT2D eigenvalue weighted by Crippen LogP contribution is -2.21. The van der Waals surface area contributed by atoms with Gasteiger partial charge in [0.25, 0.3) is 10.0 Å². The maximum atomic E-state index is 13.7. The first-order chi connectivity index (χ1) is 18.4. The predicted molar refractivity (Wildman–Crippen MR) is 128 cm³/mol. The summed E-state index contributed by atoms with van der Waals surface area (Å²) in [5.41, 5.74) is -1.59. The molecule has 9 nitrogen and oxygen atoms in total. The van der Waals surface area contributed by atoms with Gasteiger partial charge in [-0.25, -0.2) is 8.42 Å². The summed E-state index contributed by atoms with van der Waals surface area (Å²) < 4.78 is 122. The third-order valence-electron chi connectivity index (χ3n) is 5.32. The summed E-state index contributed by atoms with van der Waals surface area (Å²) >= 11 is -2.30. The van der Waals surface area contributed by atoms with Crippen molar-refractivity contribution in [2.45, 2.75) is 28.6 Å². The molecule has 0 aliphatic heterocycles. The Labute approximate surface area is 221 Å². The van der Waals surface area contributed by atoms with Gasteiger partial charge in [0.15, 0.2) is 17.3 Å². The van der Waals surface area contributed by atoms with E-state index in [1.165, 1.54) is 26.5 Å². The highest BCUT2D eigenvalue weighted by molar-refractivity contribution is 7.93. The molecular weight excluding hydrogens is 573 g/mol. The smallest absolute Gasteiger partial charge is 0.416 e. The van der Waals surface area contributed by atoms with Crippen molar-refractivity contribution >= 4 is 32.2 Å². The van der Waals surface area contributed by atoms with Gasteiger partial charge in [0.1, 0.15) is 11.4 Å². The summed E-state index contributed by atoms with van der Waals surface area (Å²) in [5.74, 6) is -0.531. The minimum Gasteiger partial charge on any atom is -0.609 e. The van der Waals surface area contributed by atoms with Crippen molar-refractivity contribution in [3.05, 3.63) is 66.0 Å². The molecule has 0 aliphatic rings. The van der Waals surface area contributed by atoms with E-state index in [0.717, 1.165) is 30.3 Å². The number of benzene rings is 2. The fraction of sp³-hybridized carbons (Fsp3) is 0.217. The molecule has 0 amide bonds. The van der Waals surface area contributed by atoms with Crippen LogP contribution >= 0.6 is 0 Å². The molecule has 0 fully saturated rings. The molecule has 0 aliphatic carbocycles. The van der Waals surface area contributed by atoms with Crippen LogP contribution in [0.15, 0.2) is 64.8 Å². The molecule has 4 aromatic rings. The Balaban J connectivity index is 1.92. The molecule has 4 rings (SSSR count). The number of ether oxygens (including phenoxy) is 3. The van der Waals surface area contributed by atoms with Crippen LogP contribution in [0.25, 0.3) is 11.0 Å². The predicted octanol–water partition coefficient (Wildman–Crippen LogP) is 4.61. The maximum Gasteiger partial charge on any atom is 0.416 e. The number of fused-ring (bicyclic) bond motifs is 1. The molecule has 2 aromatic heterocycles. The molecule has 0 bridgehead atoms. The van der Waals surface area contributed by atoms with Gasteiger partial charge in [-0.15, -0.1) is 0 Å². The average molecular weight is 592 g/mol. The Morgan fingerprint density at radius 1 is 1.08 bits per heavy atom. The molecule has 1 atom stereocenters. The highest BCUT2D eigenvalue weighted by atomic mass is 32.2. The van der Waals surface area contributed by atoms with Crippen LogP contribution in [0.5, 0.6) is 17.2 Å². The first-order valence-electron chi connectivity index (χ1n) is 10.7. The fourth-order valence-electron chi connectivity index (χ4n) is 3.64. The second kappa shape index (κ2) is 10.9. The zero-order valence-corrected chi connectivity index (χ0v) is 21.6. The highest BCUT2D eigenvalue weighted by Crippen LogP contribution is 2.35. The van der Waals surface area contributed by atoms with E-state index in [2.05, 4.69) is 14.7 Å². The lowest BCUT2D eigenvalue weighted by atomic mass is 10.2. The number of aromatic nitrogens is 3. The molecule has 16 heteroatoms. The van der Waals surface area contributed by atoms with Gasteiger partial charge >= 0.3 is 17.9 Å². The van der Waals surface area contributed by atoms with Crippen molar-refractivity contribution in [3.63, 3.8) is 0 Å². The summed E-state index contributed by atoms with van der Waals surface area (Å²) in [7, 11) is -2.24. The topological polar surface area (TPSA) is 116 Å². The Hall–Kier alpha value is -3.63. The highest BCUT2D eigenvalue weighted by Gasteiger charge is 2.36. The van der Waals surface area contributed by atoms with Gasteiger partial charge in [-0.1, -0.05) is 6.07 Å². The number of hydrogen-bond donors (Lipinski definition) is 0. The van der Waals surface area contributed by atoms with Gasteiger partial charge in [0, 0.05) is 29.5 Å². The second-order valence-corrected chi connectivity index (χ2v) is 10.8. The second-order valence-electron chi connectivity index (χ2n) is 7.70. The van der Waals surface area contributed by atoms with E-state index in [0.29, 0.717) is 16.1 Å². The van der Waals surface area contributed by atoms with Gasteiger partial charge in [-0.3, -0.25) is 4.98 Å². The Bertz CT molecular complexity index is 1610. The largest absolute Gasteiger partial charge is 0.609 e. The van der Waals surface area contributed by atoms with Gasteiger partial charge < -0.3 is 18.8 Å². The fourth-order valence-corrected chi connectivity index (χ4v) is 6.64. The van der Waals surface area contributed by atoms with E-state index in [-0.39, 0.29) is 28.2 Å². The average Bonchev–Trinajstić information content (AvgIpc) is 3.27. The number of methoxy groups -OCH3 is 2. The van der Waals surface area contributed by atoms with Crippen molar-refractivity contribution < 1.29 is 49.1 Å². The van der Waals surface area contributed by atoms with E-state index in [1.807, 2.05) is 0 Å². The summed E-state index contributed by atoms with van der Waals surface area (Å²) in [6.07, 6.45) is -3.52. The zero-order chi connectivity index (χ0) is 28.5. The molecule has 2 aromatic carbocycles. The van der Waals surface area contributed by atoms with Crippen LogP contribution < -0.4 is 14.2 Å². The summed E-state index contributed by atoms with van der Waals surface area (Å²) in [4.78, 5) is 7.41. The lowest BCUT2D eigenvalue weighted by molar-refractivity contribution is -0.137. The third kappa shape index (κ3) is 5.72. The third-order valence-corrected chi connectivity index (χ3v) is 8.35. The molecule has 0 saturated heterocycles. The molecule has 0 spiro atoms. The summed E-state index contributed by atoms with van der Waals surface area (Å²) in [5, 5.41) is -0.594. The minimum atomic E-state index is -4.91. The molecule has 0 saturated carbocycles. The number of nitrogens with zero attached hydrogens (tertiary/aromatic N) is 3. The van der Waals surface area contributed by atoms with E-state index < -0.39 is 61.1 Å². The first-order valence-corrected chi connectivity index (χ1v) is 13.5. The number of hydrogen-bond acceptors (Lipinski definition) is 8. The number of halogens is 5. The van der Waals surface area contributed by atoms with E-state index >= 15 is 0 Å². The van der Waals surface area contributed by atoms with Crippen molar-refractivity contribution in [1.82, 2.24) is 13.9 Å². The Morgan fingerprint density at radius 3 is 2.46 bits per heavy atom. The van der Waals surface area contributed by atoms with Gasteiger partial charge in [0.2, 0.25) is 0 Å². The zero-order valence-electron chi connectivity index (χ0n) is 20.0. The number of alkyl halides is 5. The van der Waals surface area contributed by atoms with Crippen molar-refractivity contribution in [2.24, 2.45) is 0 Å². The maximum absolute atomic E-state index is 13.7. The SMILES string of the molecule is COc1ccnc(C[S+]([O-])c2nc3ccc(OC(F)F)cc3n2S(=O)(=O)c2cccc(C(F)(F)F)c2)c1OC. The van der Waals surface area contributed by atoms with Crippen LogP contribution in [0.4, 0.5) is 22.0 Å². The molecule has 208 valence electrons. The molecule has 1 unspecified atom stereocenters. The molecular formula is C23H18F5N3O6S2. The van der Waals surface area contributed by atoms with E-state index in [4.69, 9.17) is 9.47 Å². The normalized spacial score (nSPS) is 13.1. The van der Waals surface area contributed by atoms with Crippen LogP contribution in [0.1, 0.15) is 11.3 Å². The van der Waals surface area contributed by atoms with E-state index in [1.54, 1.807) is 0 Å². The first kappa shape index (κ1) is 28.4. The van der Waals surface area contributed by atoms with Crippen molar-refractivity contribution in [1.29, 1.82) is 0 Å². The summed E-state index contributed by atoms with van der Waals surface area (Å²) in [6.45, 7) is -3.25. The van der Waals surface area contributed by atoms with Crippen molar-refractivity contribution in [3.8, 4) is 17.2 Å². The van der Waals surface area contributed by atoms with Crippen molar-refractivity contribution in [2.75, 3.05) is 14.2 Å². The monoisotopic (exact) mass is 591 g/mol. The van der Waals surface area contributed by atoms with Crippen LogP contribution in [0.2, 0.25) is 0 Å². The quantitative estimate of drug-likeness (QED) is 0.205. The van der Waals surface area contributed by atoms with Gasteiger partial charge in [-0.2, -0.15) is 30.9 Å². The Kier molecular flexibility index (Phi) is 7.90. The van der Waals surface area contributed by atoms with Crippen LogP contribution in [-0.4, -0.2) is 47.7 Å². The lowest BCUT2D eigenvalue weighted by Gasteiger charge is -2.15. The molecule has 0 radical (unpaired) electrons. The molecule has 2 heterocycles. The van der Waals surface area contributed by atoms with E-state index in [9.17, 15) is 34.9 Å². The summed E-state index contributed by atoms with van der Waals surface area (Å²) in [6, 6.07) is 7.50. The number of imidazole rings is 1. The molecule has 0 N–H and O–H groups in total. The van der Waals surface area contributed by atoms with Crippen LogP contribution in [0.3, 0.4) is 0 Å². The van der Waals surface area contributed by atoms with Crippen LogP contribution in [-0.2, 0) is 33.1 Å². The van der Waals surface area contributed by atoms with Gasteiger partial charge in [-0.05, 0) is 30.3 Å². The number of pyridine rings is 1. The molecule has 39 heavy (non-hydrogen) atoms. The Morgan fingerprint density at radius 2 is 1.82 bits per heavy atom. The minimum absolute atomic E-state index is 0.0962. The van der Waals surface area contributed by atoms with Gasteiger partial charge in [0.05, 0.1) is 35.7 Å². The number of rotatable bonds is 9. The van der Waals surface area contributed by atoms with Crippen LogP contribution in [0, 0.1) is 0 Å². The standard InChI is InChI=1S/C23H18F5N3O6S2/c1-35-19-8-9-29-17(20(19)36-2)12-38(32)22-30-16-7-6-14(37-21(24)25)11-18(16)31(22)39(33,34)15-5-3-4-13(10-15)23(26,27)28/h3-11,21H,12H2,1-2H3.